The summed E-state index contributed by atoms with van der Waals surface area (Å²) in [5.41, 5.74) is 1.33. The Morgan fingerprint density at radius 3 is 2.60 bits per heavy atom. The van der Waals surface area contributed by atoms with Crippen LogP contribution in [0, 0.1) is 11.3 Å². The van der Waals surface area contributed by atoms with E-state index in [0.717, 1.165) is 5.56 Å². The summed E-state index contributed by atoms with van der Waals surface area (Å²) in [6, 6.07) is 16.5. The minimum atomic E-state index is -0.471. The normalized spacial score (nSPS) is 9.60. The summed E-state index contributed by atoms with van der Waals surface area (Å²) in [5.74, 6) is 0.288. The predicted octanol–water partition coefficient (Wildman–Crippen LogP) is 3.06. The predicted molar refractivity (Wildman–Crippen MR) is 73.2 cm³/mol. The van der Waals surface area contributed by atoms with Gasteiger partial charge in [0.1, 0.15) is 18.4 Å². The third-order valence-corrected chi connectivity index (χ3v) is 2.58. The van der Waals surface area contributed by atoms with Crippen LogP contribution in [0.3, 0.4) is 0 Å². The first-order valence-corrected chi connectivity index (χ1v) is 6.08. The number of carbonyl (C=O) groups is 1. The quantitative estimate of drug-likeness (QED) is 0.631. The van der Waals surface area contributed by atoms with Gasteiger partial charge in [0.2, 0.25) is 0 Å². The zero-order valence-electron chi connectivity index (χ0n) is 11.0. The van der Waals surface area contributed by atoms with Crippen molar-refractivity contribution in [2.24, 2.45) is 0 Å². The number of carbonyl (C=O) groups excluding carboxylic acids is 1. The lowest BCUT2D eigenvalue weighted by Gasteiger charge is -2.09. The number of hydrogen-bond donors (Lipinski definition) is 0. The molecule has 2 aromatic carbocycles. The molecule has 0 aliphatic rings. The second kappa shape index (κ2) is 6.39. The molecule has 0 heterocycles. The van der Waals surface area contributed by atoms with Gasteiger partial charge in [-0.15, -0.1) is 0 Å². The molecule has 0 atom stereocenters. The molecule has 100 valence electrons. The Morgan fingerprint density at radius 2 is 1.95 bits per heavy atom. The molecule has 0 aliphatic carbocycles. The maximum Gasteiger partial charge on any atom is 0.308 e. The third-order valence-electron chi connectivity index (χ3n) is 2.58. The van der Waals surface area contributed by atoms with E-state index in [4.69, 9.17) is 14.7 Å². The minimum Gasteiger partial charge on any atom is -0.489 e. The van der Waals surface area contributed by atoms with E-state index in [1.807, 2.05) is 36.4 Å². The molecule has 0 amide bonds. The fourth-order valence-electron chi connectivity index (χ4n) is 1.67. The van der Waals surface area contributed by atoms with Gasteiger partial charge in [-0.25, -0.2) is 0 Å². The Hall–Kier alpha value is -2.80. The monoisotopic (exact) mass is 267 g/mol. The first kappa shape index (κ1) is 13.6. The van der Waals surface area contributed by atoms with Gasteiger partial charge in [0.15, 0.2) is 5.75 Å². The van der Waals surface area contributed by atoms with Crippen molar-refractivity contribution in [1.29, 1.82) is 5.26 Å². The summed E-state index contributed by atoms with van der Waals surface area (Å²) in [6.07, 6.45) is 0. The molecular formula is C16H13NO3. The molecule has 0 aliphatic heterocycles. The van der Waals surface area contributed by atoms with Crippen molar-refractivity contribution in [1.82, 2.24) is 0 Å². The summed E-state index contributed by atoms with van der Waals surface area (Å²) in [4.78, 5) is 11.0. The van der Waals surface area contributed by atoms with Gasteiger partial charge in [-0.2, -0.15) is 5.26 Å². The molecular weight excluding hydrogens is 254 g/mol. The summed E-state index contributed by atoms with van der Waals surface area (Å²) < 4.78 is 10.6. The summed E-state index contributed by atoms with van der Waals surface area (Å²) in [6.45, 7) is 1.70. The Balaban J connectivity index is 2.13. The van der Waals surface area contributed by atoms with Crippen LogP contribution < -0.4 is 9.47 Å². The van der Waals surface area contributed by atoms with Crippen LogP contribution in [0.1, 0.15) is 18.1 Å². The topological polar surface area (TPSA) is 59.3 Å². The first-order chi connectivity index (χ1) is 9.69. The number of nitriles is 1. The maximum absolute atomic E-state index is 11.0. The summed E-state index contributed by atoms with van der Waals surface area (Å²) in [7, 11) is 0. The van der Waals surface area contributed by atoms with Gasteiger partial charge >= 0.3 is 5.97 Å². The van der Waals surface area contributed by atoms with E-state index in [1.54, 1.807) is 18.2 Å². The van der Waals surface area contributed by atoms with E-state index in [1.165, 1.54) is 6.92 Å². The molecule has 20 heavy (non-hydrogen) atoms. The van der Waals surface area contributed by atoms with Crippen molar-refractivity contribution in [2.75, 3.05) is 0 Å². The minimum absolute atomic E-state index is 0.213. The number of nitrogens with zero attached hydrogens (tertiary/aromatic N) is 1. The van der Waals surface area contributed by atoms with Gasteiger partial charge in [-0.05, 0) is 17.7 Å². The van der Waals surface area contributed by atoms with Gasteiger partial charge in [-0.3, -0.25) is 4.79 Å². The maximum atomic E-state index is 11.0. The van der Waals surface area contributed by atoms with E-state index in [0.29, 0.717) is 17.9 Å². The molecule has 2 aromatic rings. The van der Waals surface area contributed by atoms with Gasteiger partial charge in [0, 0.05) is 13.0 Å². The summed E-state index contributed by atoms with van der Waals surface area (Å²) >= 11 is 0. The highest BCUT2D eigenvalue weighted by molar-refractivity contribution is 5.70. The molecule has 4 heteroatoms. The molecule has 0 saturated carbocycles. The molecule has 0 spiro atoms. The Kier molecular flexibility index (Phi) is 4.35. The van der Waals surface area contributed by atoms with Crippen LogP contribution in [0.2, 0.25) is 0 Å². The van der Waals surface area contributed by atoms with Gasteiger partial charge in [-0.1, -0.05) is 30.3 Å². The standard InChI is InChI=1S/C16H13NO3/c1-12(18)20-16-9-15(8-7-14(16)10-17)19-11-13-5-3-2-4-6-13/h2-9H,11H2,1H3. The summed E-state index contributed by atoms with van der Waals surface area (Å²) in [5, 5.41) is 8.95. The third kappa shape index (κ3) is 3.59. The molecule has 0 N–H and O–H groups in total. The fourth-order valence-corrected chi connectivity index (χ4v) is 1.67. The molecule has 0 aromatic heterocycles. The van der Waals surface area contributed by atoms with E-state index in [9.17, 15) is 4.79 Å². The number of ether oxygens (including phenoxy) is 2. The number of benzene rings is 2. The molecule has 0 unspecified atom stereocenters. The van der Waals surface area contributed by atoms with Crippen LogP contribution in [-0.4, -0.2) is 5.97 Å². The van der Waals surface area contributed by atoms with Crippen molar-refractivity contribution < 1.29 is 14.3 Å². The van der Waals surface area contributed by atoms with Crippen molar-refractivity contribution in [3.63, 3.8) is 0 Å². The fraction of sp³-hybridized carbons (Fsp3) is 0.125. The molecule has 0 bridgehead atoms. The number of esters is 1. The second-order valence-electron chi connectivity index (χ2n) is 4.14. The lowest BCUT2D eigenvalue weighted by Crippen LogP contribution is -2.03. The van der Waals surface area contributed by atoms with Crippen LogP contribution in [0.25, 0.3) is 0 Å². The highest BCUT2D eigenvalue weighted by atomic mass is 16.5. The van der Waals surface area contributed by atoms with Crippen molar-refractivity contribution in [3.05, 3.63) is 59.7 Å². The van der Waals surface area contributed by atoms with Crippen molar-refractivity contribution >= 4 is 5.97 Å². The Labute approximate surface area is 117 Å². The van der Waals surface area contributed by atoms with E-state index in [-0.39, 0.29) is 5.75 Å². The molecule has 0 radical (unpaired) electrons. The first-order valence-electron chi connectivity index (χ1n) is 6.08. The van der Waals surface area contributed by atoms with E-state index < -0.39 is 5.97 Å². The zero-order chi connectivity index (χ0) is 14.4. The Bertz CT molecular complexity index is 645. The molecule has 2 rings (SSSR count). The number of hydrogen-bond acceptors (Lipinski definition) is 4. The van der Waals surface area contributed by atoms with Crippen LogP contribution in [-0.2, 0) is 11.4 Å². The van der Waals surface area contributed by atoms with Gasteiger partial charge in [0.05, 0.1) is 5.56 Å². The van der Waals surface area contributed by atoms with Gasteiger partial charge in [0.25, 0.3) is 0 Å². The average molecular weight is 267 g/mol. The van der Waals surface area contributed by atoms with Crippen LogP contribution >= 0.6 is 0 Å². The van der Waals surface area contributed by atoms with Crippen LogP contribution in [0.15, 0.2) is 48.5 Å². The SMILES string of the molecule is CC(=O)Oc1cc(OCc2ccccc2)ccc1C#N. The molecule has 0 saturated heterocycles. The largest absolute Gasteiger partial charge is 0.489 e. The number of rotatable bonds is 4. The highest BCUT2D eigenvalue weighted by Gasteiger charge is 2.08. The van der Waals surface area contributed by atoms with Crippen LogP contribution in [0.4, 0.5) is 0 Å². The zero-order valence-corrected chi connectivity index (χ0v) is 11.0. The molecule has 0 fully saturated rings. The Morgan fingerprint density at radius 1 is 1.20 bits per heavy atom. The average Bonchev–Trinajstić information content (AvgIpc) is 2.46. The van der Waals surface area contributed by atoms with Crippen LogP contribution in [0.5, 0.6) is 11.5 Å². The van der Waals surface area contributed by atoms with Gasteiger partial charge < -0.3 is 9.47 Å². The van der Waals surface area contributed by atoms with Crippen molar-refractivity contribution in [3.8, 4) is 17.6 Å². The lowest BCUT2D eigenvalue weighted by molar-refractivity contribution is -0.131. The van der Waals surface area contributed by atoms with E-state index in [2.05, 4.69) is 0 Å². The lowest BCUT2D eigenvalue weighted by atomic mass is 10.2. The van der Waals surface area contributed by atoms with Crippen molar-refractivity contribution in [2.45, 2.75) is 13.5 Å². The smallest absolute Gasteiger partial charge is 0.308 e. The highest BCUT2D eigenvalue weighted by Crippen LogP contribution is 2.25. The molecule has 4 nitrogen and oxygen atoms in total. The van der Waals surface area contributed by atoms with E-state index >= 15 is 0 Å². The second-order valence-corrected chi connectivity index (χ2v) is 4.14.